The van der Waals surface area contributed by atoms with Gasteiger partial charge in [-0.25, -0.2) is 4.70 Å². The van der Waals surface area contributed by atoms with Gasteiger partial charge in [0.25, 0.3) is 0 Å². The maximum atomic E-state index is 11.0. The fourth-order valence-electron chi connectivity index (χ4n) is 4.96. The summed E-state index contributed by atoms with van der Waals surface area (Å²) < 4.78 is 4.00. The first kappa shape index (κ1) is 31.4. The maximum absolute atomic E-state index is 11.0. The van der Waals surface area contributed by atoms with Crippen LogP contribution in [0.25, 0.3) is 16.9 Å². The Morgan fingerprint density at radius 1 is 0.619 bits per heavy atom. The van der Waals surface area contributed by atoms with Gasteiger partial charge in [0.1, 0.15) is 0 Å². The van der Waals surface area contributed by atoms with Gasteiger partial charge in [-0.05, 0) is 68.0 Å². The predicted octanol–water partition coefficient (Wildman–Crippen LogP) is 9.53. The van der Waals surface area contributed by atoms with Crippen molar-refractivity contribution in [1.29, 1.82) is 0 Å². The molecule has 1 aliphatic rings. The molecule has 0 saturated heterocycles. The van der Waals surface area contributed by atoms with Crippen LogP contribution >= 0.6 is 0 Å². The van der Waals surface area contributed by atoms with Crippen LogP contribution in [-0.4, -0.2) is 4.70 Å². The van der Waals surface area contributed by atoms with E-state index in [9.17, 15) is 5.53 Å². The molecule has 0 bridgehead atoms. The van der Waals surface area contributed by atoms with Gasteiger partial charge < -0.3 is 5.53 Å². The van der Waals surface area contributed by atoms with Crippen LogP contribution in [-0.2, 0) is 27.3 Å². The van der Waals surface area contributed by atoms with Crippen molar-refractivity contribution in [2.75, 3.05) is 0 Å². The molecule has 5 rings (SSSR count). The van der Waals surface area contributed by atoms with Gasteiger partial charge in [0.05, 0.1) is 0 Å². The molecule has 42 heavy (non-hydrogen) atoms. The number of benzene rings is 4. The van der Waals surface area contributed by atoms with Crippen molar-refractivity contribution in [1.82, 2.24) is 0 Å². The minimum atomic E-state index is 0.861. The Morgan fingerprint density at radius 3 is 1.60 bits per heavy atom. The van der Waals surface area contributed by atoms with Gasteiger partial charge in [-0.3, -0.25) is 0 Å². The van der Waals surface area contributed by atoms with Gasteiger partial charge in [0.15, 0.2) is 0 Å². The molecule has 1 aliphatic heterocycles. The van der Waals surface area contributed by atoms with Gasteiger partial charge in [0, 0.05) is 22.8 Å². The molecule has 0 aromatic heterocycles. The van der Waals surface area contributed by atoms with Crippen LogP contribution in [0.15, 0.2) is 109 Å². The van der Waals surface area contributed by atoms with E-state index in [4.69, 9.17) is 0 Å². The molecule has 0 spiro atoms. The summed E-state index contributed by atoms with van der Waals surface area (Å²) in [5, 5.41) is 0. The van der Waals surface area contributed by atoms with Crippen LogP contribution in [0.2, 0.25) is 0 Å². The monoisotopic (exact) mass is 598 g/mol. The standard InChI is InChI=1S/C25H30N2.2C7H7.Ni/c1-4-6-10-20-12-8-14-22(17-20)24-16-19(3)25(27(24)26)23-15-9-13-21(18-23)11-7-5-2;2*1-7-5-3-2-4-6-7;/h8-9,12-18H,4-7,10-11H2,1-3H3;2*3-6H,1H3;. The Morgan fingerprint density at radius 2 is 1.10 bits per heavy atom. The van der Waals surface area contributed by atoms with Crippen molar-refractivity contribution >= 4 is 20.5 Å². The van der Waals surface area contributed by atoms with Crippen molar-refractivity contribution in [3.8, 4) is 0 Å². The van der Waals surface area contributed by atoms with Crippen LogP contribution in [0.5, 0.6) is 0 Å². The zero-order chi connectivity index (χ0) is 29.9. The Bertz CT molecular complexity index is 1500. The summed E-state index contributed by atoms with van der Waals surface area (Å²) in [7, 11) is 0. The summed E-state index contributed by atoms with van der Waals surface area (Å²) >= 11 is 1.61. The number of hydrogen-bond donors (Lipinski definition) is 0. The van der Waals surface area contributed by atoms with Crippen LogP contribution in [0.4, 0.5) is 0 Å². The number of nitrogens with zero attached hydrogens (tertiary/aromatic N) is 2. The van der Waals surface area contributed by atoms with Crippen LogP contribution < -0.4 is 9.07 Å². The van der Waals surface area contributed by atoms with Crippen molar-refractivity contribution in [3.63, 3.8) is 0 Å². The summed E-state index contributed by atoms with van der Waals surface area (Å²) in [6.07, 6.45) is 9.03. The minimum absolute atomic E-state index is 0.861. The third-order valence-corrected chi connectivity index (χ3v) is 8.62. The van der Waals surface area contributed by atoms with E-state index in [2.05, 4.69) is 138 Å². The predicted molar refractivity (Wildman–Crippen MR) is 176 cm³/mol. The molecular formula is C39H44N2Ni. The Hall–Kier alpha value is -3.55. The summed E-state index contributed by atoms with van der Waals surface area (Å²) in [6.45, 7) is 10.7. The third-order valence-electron chi connectivity index (χ3n) is 7.39. The summed E-state index contributed by atoms with van der Waals surface area (Å²) in [6, 6.07) is 34.5. The normalized spacial score (nSPS) is 12.8. The number of hydrogen-bond acceptors (Lipinski definition) is 0. The molecule has 1 heterocycles. The van der Waals surface area contributed by atoms with Gasteiger partial charge >= 0.3 is 97.0 Å². The molecule has 0 amide bonds. The zero-order valence-corrected chi connectivity index (χ0v) is 26.8. The van der Waals surface area contributed by atoms with Gasteiger partial charge in [-0.2, -0.15) is 0 Å². The van der Waals surface area contributed by atoms with E-state index in [1.165, 1.54) is 61.7 Å². The van der Waals surface area contributed by atoms with Crippen molar-refractivity contribution in [3.05, 3.63) is 148 Å². The van der Waals surface area contributed by atoms with E-state index in [0.29, 0.717) is 0 Å². The van der Waals surface area contributed by atoms with E-state index >= 15 is 0 Å². The average Bonchev–Trinajstić information content (AvgIpc) is 3.31. The molecule has 0 saturated carbocycles. The average molecular weight is 599 g/mol. The summed E-state index contributed by atoms with van der Waals surface area (Å²) in [4.78, 5) is 0. The molecule has 0 N–H and O–H groups in total. The SMILES string of the molecule is CCCCc1cccc(C2=CC(C)=C(c3cccc(CCCC)c3)[N+]2=[N-])c1.Cc1cc[c]([Ni][c]2ccc(C)cc2)cc1. The van der Waals surface area contributed by atoms with E-state index in [1.54, 1.807) is 14.4 Å². The summed E-state index contributed by atoms with van der Waals surface area (Å²) in [5.74, 6) is 0. The Kier molecular flexibility index (Phi) is 11.7. The van der Waals surface area contributed by atoms with E-state index < -0.39 is 0 Å². The number of unbranched alkanes of at least 4 members (excludes halogenated alkanes) is 2. The molecule has 0 radical (unpaired) electrons. The zero-order valence-electron chi connectivity index (χ0n) is 25.8. The fraction of sp³-hybridized carbons (Fsp3) is 0.282. The molecule has 220 valence electrons. The first-order valence-electron chi connectivity index (χ1n) is 15.2. The number of allylic oxidation sites excluding steroid dienone is 2. The summed E-state index contributed by atoms with van der Waals surface area (Å²) in [5.41, 5.74) is 21.3. The second-order valence-corrected chi connectivity index (χ2v) is 12.5. The van der Waals surface area contributed by atoms with Crippen molar-refractivity contribution < 1.29 is 19.1 Å². The molecule has 0 atom stereocenters. The second-order valence-electron chi connectivity index (χ2n) is 11.1. The molecule has 4 aromatic carbocycles. The van der Waals surface area contributed by atoms with E-state index in [1.807, 2.05) is 0 Å². The molecular weight excluding hydrogens is 555 g/mol. The molecule has 0 unspecified atom stereocenters. The van der Waals surface area contributed by atoms with Gasteiger partial charge in [-0.15, -0.1) is 0 Å². The Labute approximate surface area is 259 Å². The molecule has 0 aliphatic carbocycles. The van der Waals surface area contributed by atoms with E-state index in [0.717, 1.165) is 40.9 Å². The van der Waals surface area contributed by atoms with Crippen molar-refractivity contribution in [2.45, 2.75) is 73.1 Å². The molecule has 3 heteroatoms. The third kappa shape index (κ3) is 8.73. The number of aryl methyl sites for hydroxylation is 4. The second kappa shape index (κ2) is 15.6. The van der Waals surface area contributed by atoms with E-state index in [-0.39, 0.29) is 0 Å². The van der Waals surface area contributed by atoms with Gasteiger partial charge in [-0.1, -0.05) is 51.0 Å². The first-order valence-corrected chi connectivity index (χ1v) is 16.2. The number of rotatable bonds is 10. The quantitative estimate of drug-likeness (QED) is 0.128. The molecule has 4 aromatic rings. The van der Waals surface area contributed by atoms with Crippen LogP contribution in [0, 0.1) is 13.8 Å². The Balaban J connectivity index is 0.000000227. The topological polar surface area (TPSA) is 25.3 Å². The van der Waals surface area contributed by atoms with Crippen molar-refractivity contribution in [2.24, 2.45) is 0 Å². The van der Waals surface area contributed by atoms with Gasteiger partial charge in [0.2, 0.25) is 11.4 Å². The molecule has 2 nitrogen and oxygen atoms in total. The van der Waals surface area contributed by atoms with Crippen LogP contribution in [0.1, 0.15) is 79.8 Å². The molecule has 0 fully saturated rings. The first-order chi connectivity index (χ1) is 20.4. The fourth-order valence-corrected chi connectivity index (χ4v) is 5.94. The van der Waals surface area contributed by atoms with Crippen LogP contribution in [0.3, 0.4) is 0 Å².